The van der Waals surface area contributed by atoms with Gasteiger partial charge in [-0.05, 0) is 12.8 Å². The van der Waals surface area contributed by atoms with Crippen molar-refractivity contribution in [3.63, 3.8) is 0 Å². The predicted molar refractivity (Wildman–Crippen MR) is 84.7 cm³/mol. The molecule has 0 aromatic heterocycles. The number of hydrogen-bond donors (Lipinski definition) is 2. The third-order valence-corrected chi connectivity index (χ3v) is 4.68. The van der Waals surface area contributed by atoms with Gasteiger partial charge in [0.1, 0.15) is 6.04 Å². The lowest BCUT2D eigenvalue weighted by Crippen LogP contribution is -2.42. The molecule has 0 saturated heterocycles. The van der Waals surface area contributed by atoms with Crippen LogP contribution in [0.1, 0.15) is 31.7 Å². The minimum Gasteiger partial charge on any atom is -0.480 e. The van der Waals surface area contributed by atoms with Gasteiger partial charge >= 0.3 is 5.97 Å². The fraction of sp³-hybridized carbons (Fsp3) is 0.500. The van der Waals surface area contributed by atoms with Crippen molar-refractivity contribution in [3.05, 3.63) is 39.9 Å². The van der Waals surface area contributed by atoms with Crippen LogP contribution < -0.4 is 4.72 Å². The summed E-state index contributed by atoms with van der Waals surface area (Å²) in [5, 5.41) is 19.9. The van der Waals surface area contributed by atoms with Crippen molar-refractivity contribution in [2.75, 3.05) is 5.75 Å². The Hall–Kier alpha value is -2.00. The van der Waals surface area contributed by atoms with E-state index < -0.39 is 32.7 Å². The standard InChI is InChI=1S/C14H20N2O6S/c1-2-3-7-12(14(17)18)15-23(21,22)10-9-11-6-4-5-8-13(11)16(19)20/h4-6,8,12,15H,2-3,7,9-10H2,1H3,(H,17,18). The number of aliphatic carboxylic acids is 1. The molecule has 1 rings (SSSR count). The number of nitro groups is 1. The summed E-state index contributed by atoms with van der Waals surface area (Å²) >= 11 is 0. The highest BCUT2D eigenvalue weighted by Crippen LogP contribution is 2.18. The van der Waals surface area contributed by atoms with E-state index >= 15 is 0 Å². The monoisotopic (exact) mass is 344 g/mol. The van der Waals surface area contributed by atoms with E-state index in [9.17, 15) is 23.3 Å². The number of nitrogens with one attached hydrogen (secondary N) is 1. The Balaban J connectivity index is 2.75. The lowest BCUT2D eigenvalue weighted by atomic mass is 10.1. The van der Waals surface area contributed by atoms with Crippen LogP contribution in [-0.2, 0) is 21.2 Å². The first kappa shape index (κ1) is 19.0. The highest BCUT2D eigenvalue weighted by atomic mass is 32.2. The zero-order valence-electron chi connectivity index (χ0n) is 12.8. The molecule has 1 aromatic rings. The van der Waals surface area contributed by atoms with Gasteiger partial charge in [-0.1, -0.05) is 38.0 Å². The smallest absolute Gasteiger partial charge is 0.321 e. The topological polar surface area (TPSA) is 127 Å². The van der Waals surface area contributed by atoms with Gasteiger partial charge in [0.2, 0.25) is 10.0 Å². The quantitative estimate of drug-likeness (QED) is 0.491. The van der Waals surface area contributed by atoms with Crippen LogP contribution in [0, 0.1) is 10.1 Å². The number of hydrogen-bond acceptors (Lipinski definition) is 5. The molecule has 0 fully saturated rings. The molecule has 1 atom stereocenters. The molecule has 0 saturated carbocycles. The van der Waals surface area contributed by atoms with Gasteiger partial charge in [0.15, 0.2) is 0 Å². The highest BCUT2D eigenvalue weighted by Gasteiger charge is 2.24. The minimum absolute atomic E-state index is 0.0629. The van der Waals surface area contributed by atoms with Gasteiger partial charge in [-0.2, -0.15) is 0 Å². The Labute approximate surface area is 134 Å². The number of sulfonamides is 1. The van der Waals surface area contributed by atoms with Crippen LogP contribution in [-0.4, -0.2) is 36.2 Å². The molecular weight excluding hydrogens is 324 g/mol. The van der Waals surface area contributed by atoms with E-state index in [4.69, 9.17) is 5.11 Å². The molecule has 1 unspecified atom stereocenters. The first-order chi connectivity index (χ1) is 10.8. The molecule has 0 aliphatic rings. The van der Waals surface area contributed by atoms with E-state index in [-0.39, 0.29) is 18.5 Å². The molecule has 8 nitrogen and oxygen atoms in total. The summed E-state index contributed by atoms with van der Waals surface area (Å²) in [6.07, 6.45) is 1.48. The Morgan fingerprint density at radius 1 is 1.39 bits per heavy atom. The molecule has 2 N–H and O–H groups in total. The van der Waals surface area contributed by atoms with Crippen molar-refractivity contribution < 1.29 is 23.2 Å². The number of aryl methyl sites for hydroxylation is 1. The zero-order chi connectivity index (χ0) is 17.5. The molecule has 0 aliphatic heterocycles. The number of carbonyl (C=O) groups is 1. The Bertz CT molecular complexity index is 659. The summed E-state index contributed by atoms with van der Waals surface area (Å²) in [6.45, 7) is 1.88. The first-order valence-corrected chi connectivity index (χ1v) is 8.87. The molecule has 0 heterocycles. The molecule has 0 spiro atoms. The maximum atomic E-state index is 12.0. The molecule has 128 valence electrons. The normalized spacial score (nSPS) is 12.7. The van der Waals surface area contributed by atoms with E-state index in [1.54, 1.807) is 6.07 Å². The van der Waals surface area contributed by atoms with E-state index in [2.05, 4.69) is 4.72 Å². The summed E-state index contributed by atoms with van der Waals surface area (Å²) in [5.74, 6) is -1.64. The predicted octanol–water partition coefficient (Wildman–Crippen LogP) is 1.70. The minimum atomic E-state index is -3.85. The number of nitrogens with zero attached hydrogens (tertiary/aromatic N) is 1. The Morgan fingerprint density at radius 3 is 2.61 bits per heavy atom. The Morgan fingerprint density at radius 2 is 2.04 bits per heavy atom. The van der Waals surface area contributed by atoms with Crippen molar-refractivity contribution in [1.29, 1.82) is 0 Å². The number of unbranched alkanes of at least 4 members (excludes halogenated alkanes) is 1. The zero-order valence-corrected chi connectivity index (χ0v) is 13.6. The van der Waals surface area contributed by atoms with Crippen molar-refractivity contribution >= 4 is 21.7 Å². The molecule has 0 radical (unpaired) electrons. The van der Waals surface area contributed by atoms with Gasteiger partial charge in [0, 0.05) is 11.6 Å². The molecule has 0 aliphatic carbocycles. The average Bonchev–Trinajstić information content (AvgIpc) is 2.49. The van der Waals surface area contributed by atoms with Gasteiger partial charge in [0.25, 0.3) is 5.69 Å². The SMILES string of the molecule is CCCCC(NS(=O)(=O)CCc1ccccc1[N+](=O)[O-])C(=O)O. The summed E-state index contributed by atoms with van der Waals surface area (Å²) in [5.41, 5.74) is 0.145. The third-order valence-electron chi connectivity index (χ3n) is 3.29. The highest BCUT2D eigenvalue weighted by molar-refractivity contribution is 7.89. The van der Waals surface area contributed by atoms with Crippen LogP contribution in [0.25, 0.3) is 0 Å². The van der Waals surface area contributed by atoms with Gasteiger partial charge in [0.05, 0.1) is 10.7 Å². The van der Waals surface area contributed by atoms with Crippen LogP contribution >= 0.6 is 0 Å². The fourth-order valence-electron chi connectivity index (χ4n) is 2.06. The van der Waals surface area contributed by atoms with Gasteiger partial charge in [-0.25, -0.2) is 13.1 Å². The van der Waals surface area contributed by atoms with Crippen molar-refractivity contribution in [3.8, 4) is 0 Å². The van der Waals surface area contributed by atoms with Crippen LogP contribution in [0.5, 0.6) is 0 Å². The maximum absolute atomic E-state index is 12.0. The maximum Gasteiger partial charge on any atom is 0.321 e. The number of carboxylic acids is 1. The van der Waals surface area contributed by atoms with E-state index in [0.717, 1.165) is 6.42 Å². The third kappa shape index (κ3) is 6.33. The average molecular weight is 344 g/mol. The molecule has 23 heavy (non-hydrogen) atoms. The van der Waals surface area contributed by atoms with Crippen molar-refractivity contribution in [1.82, 2.24) is 4.72 Å². The Kier molecular flexibility index (Phi) is 7.11. The van der Waals surface area contributed by atoms with E-state index in [0.29, 0.717) is 12.0 Å². The van der Waals surface area contributed by atoms with E-state index in [1.807, 2.05) is 6.92 Å². The molecular formula is C14H20N2O6S. The fourth-order valence-corrected chi connectivity index (χ4v) is 3.32. The number of nitro benzene ring substituents is 1. The lowest BCUT2D eigenvalue weighted by molar-refractivity contribution is -0.385. The largest absolute Gasteiger partial charge is 0.480 e. The van der Waals surface area contributed by atoms with Crippen molar-refractivity contribution in [2.24, 2.45) is 0 Å². The lowest BCUT2D eigenvalue weighted by Gasteiger charge is -2.14. The summed E-state index contributed by atoms with van der Waals surface area (Å²) in [7, 11) is -3.85. The number of carboxylic acid groups (broad SMARTS) is 1. The summed E-state index contributed by atoms with van der Waals surface area (Å²) in [6, 6.07) is 4.70. The van der Waals surface area contributed by atoms with Crippen LogP contribution in [0.2, 0.25) is 0 Å². The first-order valence-electron chi connectivity index (χ1n) is 7.22. The number of para-hydroxylation sites is 1. The van der Waals surface area contributed by atoms with Crippen LogP contribution in [0.4, 0.5) is 5.69 Å². The summed E-state index contributed by atoms with van der Waals surface area (Å²) < 4.78 is 26.2. The second kappa shape index (κ2) is 8.59. The van der Waals surface area contributed by atoms with Gasteiger partial charge in [-0.15, -0.1) is 0 Å². The molecule has 9 heteroatoms. The van der Waals surface area contributed by atoms with E-state index in [1.165, 1.54) is 18.2 Å². The number of benzene rings is 1. The van der Waals surface area contributed by atoms with Crippen LogP contribution in [0.3, 0.4) is 0 Å². The molecule has 1 aromatic carbocycles. The van der Waals surface area contributed by atoms with Gasteiger partial charge in [-0.3, -0.25) is 14.9 Å². The second-order valence-corrected chi connectivity index (χ2v) is 6.98. The molecule has 0 amide bonds. The number of rotatable bonds is 10. The van der Waals surface area contributed by atoms with Crippen LogP contribution in [0.15, 0.2) is 24.3 Å². The summed E-state index contributed by atoms with van der Waals surface area (Å²) in [4.78, 5) is 21.4. The molecule has 0 bridgehead atoms. The second-order valence-electron chi connectivity index (χ2n) is 5.11. The van der Waals surface area contributed by atoms with Gasteiger partial charge < -0.3 is 5.11 Å². The van der Waals surface area contributed by atoms with Crippen molar-refractivity contribution in [2.45, 2.75) is 38.6 Å².